The third-order valence-corrected chi connectivity index (χ3v) is 13.9. The summed E-state index contributed by atoms with van der Waals surface area (Å²) in [5.41, 5.74) is 16.6. The molecule has 2 amide bonds. The molecule has 9 N–H and O–H groups in total. The largest absolute Gasteiger partial charge is 0.463 e. The third kappa shape index (κ3) is 18.1. The number of pyridine rings is 2. The van der Waals surface area contributed by atoms with Crippen LogP contribution >= 0.6 is 11.6 Å². The van der Waals surface area contributed by atoms with Gasteiger partial charge in [-0.3, -0.25) is 14.3 Å². The highest BCUT2D eigenvalue weighted by Gasteiger charge is 2.24. The number of benzene rings is 2. The Balaban J connectivity index is 0.592. The van der Waals surface area contributed by atoms with Crippen molar-refractivity contribution in [3.8, 4) is 17.3 Å². The van der Waals surface area contributed by atoms with Crippen molar-refractivity contribution in [2.75, 3.05) is 81.5 Å². The molecule has 0 saturated heterocycles. The van der Waals surface area contributed by atoms with Gasteiger partial charge in [0.05, 0.1) is 119 Å². The molecule has 0 radical (unpaired) electrons. The van der Waals surface area contributed by atoms with Crippen molar-refractivity contribution in [1.82, 2.24) is 86.1 Å². The summed E-state index contributed by atoms with van der Waals surface area (Å²) in [6.45, 7) is 14.8. The molecular weight excluding hydrogens is 1180 g/mol. The second-order valence-corrected chi connectivity index (χ2v) is 20.3. The van der Waals surface area contributed by atoms with Crippen LogP contribution in [0.4, 0.5) is 37.6 Å². The van der Waals surface area contributed by atoms with Crippen LogP contribution in [0.15, 0.2) is 73.3 Å². The molecule has 0 aliphatic rings. The number of aromatic nitrogens is 15. The van der Waals surface area contributed by atoms with E-state index in [1.165, 1.54) is 36.7 Å². The zero-order valence-electron chi connectivity index (χ0n) is 48.5. The van der Waals surface area contributed by atoms with Gasteiger partial charge in [-0.05, 0) is 81.5 Å². The maximum atomic E-state index is 15.5. The molecule has 2 atom stereocenters. The molecule has 0 saturated carbocycles. The Labute approximate surface area is 512 Å². The van der Waals surface area contributed by atoms with Crippen LogP contribution in [-0.4, -0.2) is 153 Å². The van der Waals surface area contributed by atoms with Gasteiger partial charge >= 0.3 is 6.01 Å². The average molecular weight is 1240 g/mol. The minimum Gasteiger partial charge on any atom is -0.463 e. The number of carbonyl (C=O) groups is 2. The summed E-state index contributed by atoms with van der Waals surface area (Å²) in [6, 6.07) is 10.7. The number of ether oxygens (including phenoxy) is 5. The first-order chi connectivity index (χ1) is 43.3. The lowest BCUT2D eigenvalue weighted by atomic mass is 10.1. The summed E-state index contributed by atoms with van der Waals surface area (Å²) in [5.74, 6) is -1.45. The number of aryl methyl sites for hydroxylation is 3. The number of carbonyl (C=O) groups excluding carboxylic acids is 2. The Morgan fingerprint density at radius 2 is 1.58 bits per heavy atom. The van der Waals surface area contributed by atoms with Gasteiger partial charge in [0, 0.05) is 54.8 Å². The van der Waals surface area contributed by atoms with Crippen LogP contribution in [0, 0.1) is 25.1 Å². The van der Waals surface area contributed by atoms with E-state index >= 15 is 4.39 Å². The van der Waals surface area contributed by atoms with Crippen LogP contribution in [0.5, 0.6) is 6.01 Å². The molecule has 0 aliphatic carbocycles. The smallest absolute Gasteiger partial charge is 0.316 e. The fraction of sp³-hybridized carbons (Fsp3) is 0.368. The zero-order valence-corrected chi connectivity index (χ0v) is 49.2. The van der Waals surface area contributed by atoms with Crippen molar-refractivity contribution in [3.05, 3.63) is 135 Å². The number of nitrogens with one attached hydrogen (secondary N) is 5. The quantitative estimate of drug-likeness (QED) is 0.0179. The van der Waals surface area contributed by atoms with E-state index in [2.05, 4.69) is 96.9 Å². The van der Waals surface area contributed by atoms with Crippen LogP contribution in [0.25, 0.3) is 38.3 Å². The summed E-state index contributed by atoms with van der Waals surface area (Å²) >= 11 is 6.69. The Bertz CT molecular complexity index is 3870. The first-order valence-electron chi connectivity index (χ1n) is 28.2. The number of tetrazole rings is 1. The molecule has 9 rings (SSSR count). The second kappa shape index (κ2) is 31.7. The second-order valence-electron chi connectivity index (χ2n) is 19.9. The molecule has 0 bridgehead atoms. The van der Waals surface area contributed by atoms with Crippen molar-refractivity contribution in [2.24, 2.45) is 0 Å². The molecular formula is C57H63ClF2N22O7. The number of unbranched alkanes of at least 4 members (excludes halogenated alkanes) is 2. The first kappa shape index (κ1) is 63.6. The van der Waals surface area contributed by atoms with Crippen LogP contribution in [-0.2, 0) is 49.9 Å². The minimum atomic E-state index is -0.901. The lowest BCUT2D eigenvalue weighted by Gasteiger charge is -2.20. The number of rotatable bonds is 34. The maximum absolute atomic E-state index is 15.5. The highest BCUT2D eigenvalue weighted by Crippen LogP contribution is 2.37. The predicted molar refractivity (Wildman–Crippen MR) is 321 cm³/mol. The average Bonchev–Trinajstić information content (AvgIpc) is 2.21. The van der Waals surface area contributed by atoms with E-state index in [1.807, 2.05) is 6.20 Å². The van der Waals surface area contributed by atoms with Gasteiger partial charge in [0.15, 0.2) is 34.3 Å². The van der Waals surface area contributed by atoms with Crippen LogP contribution in [0.1, 0.15) is 77.5 Å². The lowest BCUT2D eigenvalue weighted by Crippen LogP contribution is -2.47. The van der Waals surface area contributed by atoms with Gasteiger partial charge in [0.1, 0.15) is 28.8 Å². The van der Waals surface area contributed by atoms with E-state index in [9.17, 15) is 14.0 Å². The molecule has 2 aromatic carbocycles. The molecule has 0 fully saturated rings. The maximum Gasteiger partial charge on any atom is 0.316 e. The molecule has 29 nitrogen and oxygen atoms in total. The van der Waals surface area contributed by atoms with E-state index in [4.69, 9.17) is 53.3 Å². The topological polar surface area (TPSA) is 373 Å². The molecule has 9 aromatic rings. The number of nitrogens with two attached hydrogens (primary N) is 2. The molecule has 0 spiro atoms. The van der Waals surface area contributed by atoms with Crippen molar-refractivity contribution < 1.29 is 42.1 Å². The van der Waals surface area contributed by atoms with Crippen LogP contribution < -0.4 is 37.5 Å². The summed E-state index contributed by atoms with van der Waals surface area (Å²) < 4.78 is 60.4. The molecule has 32 heteroatoms. The Morgan fingerprint density at radius 3 is 2.34 bits per heavy atom. The molecule has 464 valence electrons. The number of nitrogen functional groups attached to an aromatic ring is 2. The van der Waals surface area contributed by atoms with Gasteiger partial charge in [0.2, 0.25) is 11.9 Å². The normalized spacial score (nSPS) is 12.0. The summed E-state index contributed by atoms with van der Waals surface area (Å²) in [5, 5.41) is 34.5. The van der Waals surface area contributed by atoms with Crippen molar-refractivity contribution in [1.29, 1.82) is 0 Å². The number of fused-ring (bicyclic) bond motifs is 2. The van der Waals surface area contributed by atoms with Crippen LogP contribution in [0.2, 0.25) is 5.02 Å². The summed E-state index contributed by atoms with van der Waals surface area (Å²) in [6.07, 6.45) is 9.11. The van der Waals surface area contributed by atoms with E-state index in [1.54, 1.807) is 49.0 Å². The van der Waals surface area contributed by atoms with Gasteiger partial charge < -0.3 is 56.4 Å². The third-order valence-electron chi connectivity index (χ3n) is 13.4. The van der Waals surface area contributed by atoms with E-state index in [0.29, 0.717) is 116 Å². The van der Waals surface area contributed by atoms with E-state index in [0.717, 1.165) is 19.3 Å². The Morgan fingerprint density at radius 1 is 0.820 bits per heavy atom. The highest BCUT2D eigenvalue weighted by molar-refractivity contribution is 6.35. The van der Waals surface area contributed by atoms with Crippen molar-refractivity contribution in [2.45, 2.75) is 77.7 Å². The molecule has 7 heterocycles. The minimum absolute atomic E-state index is 0.0102. The van der Waals surface area contributed by atoms with Crippen molar-refractivity contribution >= 4 is 74.4 Å². The molecule has 0 unspecified atom stereocenters. The van der Waals surface area contributed by atoms with Gasteiger partial charge in [-0.2, -0.15) is 15.2 Å². The Hall–Kier alpha value is -9.87. The number of hydrogen-bond acceptors (Lipinski definition) is 24. The fourth-order valence-electron chi connectivity index (χ4n) is 8.85. The number of nitrogens with zero attached hydrogens (tertiary/aromatic N) is 15. The summed E-state index contributed by atoms with van der Waals surface area (Å²) in [7, 11) is 0. The fourth-order valence-corrected chi connectivity index (χ4v) is 9.03. The van der Waals surface area contributed by atoms with Crippen LogP contribution in [0.3, 0.4) is 0 Å². The van der Waals surface area contributed by atoms with Gasteiger partial charge in [-0.1, -0.05) is 28.1 Å². The molecule has 7 aromatic heterocycles. The number of hydrogen-bond donors (Lipinski definition) is 7. The Kier molecular flexibility index (Phi) is 22.6. The number of halogens is 3. The van der Waals surface area contributed by atoms with E-state index < -0.39 is 35.5 Å². The van der Waals surface area contributed by atoms with E-state index in [-0.39, 0.29) is 83.4 Å². The monoisotopic (exact) mass is 1240 g/mol. The van der Waals surface area contributed by atoms with Crippen molar-refractivity contribution in [3.63, 3.8) is 0 Å². The molecule has 0 aliphatic heterocycles. The SMILES string of the molecule is [C-]#[N+]c1ccc(F)c([C@@H](C)Nc2c(Cl)c(C)nc3cc(F)c(-c4cnc(OCCCCCn5cc(COCCOCCOCCOCCNC(=O)[C@H](CCc6nn[nH]n6)NC(=O)c6ccc(NCc7cnc8nc(N)nc(N)c8n7)cc6)nn5)nc4)nc23)c1. The highest BCUT2D eigenvalue weighted by atomic mass is 35.5. The number of aromatic amines is 1. The van der Waals surface area contributed by atoms with Gasteiger partial charge in [0.25, 0.3) is 5.91 Å². The standard InChI is InChI=1S/C57H63ClF2N22O7/c1-33(41-25-38(63-3)11-12-42(41)59)70-50-47(58)34(2)69-45-26-43(60)48(73-49(45)50)36-27-67-57(68-28-36)89-17-6-4-5-16-82-31-40(76-81-82)32-88-24-23-87-22-21-86-20-19-85-18-15-64-55(84)44(13-14-46-77-79-80-78-46)72-54(83)35-7-9-37(10-8-35)65-29-39-30-66-53-51(71-39)52(61)74-56(62)75-53/h7-12,25-28,30-31,33,44,65H,4-6,13-24,29,32H2,1-2H3,(H,64,84)(H,69,70)(H,72,83)(H,77,78,79,80)(H4,61,62,66,74,75)/t33-,44+/m1/s1. The number of H-pyrrole nitrogens is 1. The lowest BCUT2D eigenvalue weighted by molar-refractivity contribution is -0.123. The van der Waals surface area contributed by atoms with Gasteiger partial charge in [-0.15, -0.1) is 15.3 Å². The number of anilines is 4. The molecule has 89 heavy (non-hydrogen) atoms. The first-order valence-corrected chi connectivity index (χ1v) is 28.6. The number of amides is 2. The zero-order chi connectivity index (χ0) is 62.5. The van der Waals surface area contributed by atoms with Gasteiger partial charge in [-0.25, -0.2) is 43.5 Å². The summed E-state index contributed by atoms with van der Waals surface area (Å²) in [4.78, 5) is 64.2. The predicted octanol–water partition coefficient (Wildman–Crippen LogP) is 6.03.